The standard InChI is InChI=1S/C27H18ClN3O5S/c28-19-8-4-3-7-17(19)22-21-12-37-13-30(21)27(18-11-14(31(35)36)9-10-20(18)29-25(27)34)26(22)23(32)15-5-1-2-6-16(15)24(26)33/h1-11,21-22H,12-13H2,(H,29,34)/t21-,22-,27-/m0/s1. The summed E-state index contributed by atoms with van der Waals surface area (Å²) in [5, 5.41) is 15.1. The van der Waals surface area contributed by atoms with Crippen LogP contribution in [0, 0.1) is 15.5 Å². The topological polar surface area (TPSA) is 110 Å². The molecular weight excluding hydrogens is 514 g/mol. The highest BCUT2D eigenvalue weighted by Gasteiger charge is 2.82. The number of fused-ring (bicyclic) bond motifs is 6. The van der Waals surface area contributed by atoms with E-state index in [0.717, 1.165) is 0 Å². The van der Waals surface area contributed by atoms with E-state index in [1.165, 1.54) is 18.2 Å². The van der Waals surface area contributed by atoms with Crippen LogP contribution >= 0.6 is 23.4 Å². The molecule has 1 N–H and O–H groups in total. The van der Waals surface area contributed by atoms with Gasteiger partial charge in [0.1, 0.15) is 5.41 Å². The number of benzene rings is 3. The number of rotatable bonds is 2. The fraction of sp³-hybridized carbons (Fsp3) is 0.222. The Labute approximate surface area is 220 Å². The predicted molar refractivity (Wildman–Crippen MR) is 138 cm³/mol. The number of nitrogens with one attached hydrogen (secondary N) is 1. The zero-order valence-electron chi connectivity index (χ0n) is 19.1. The van der Waals surface area contributed by atoms with Crippen LogP contribution in [0.5, 0.6) is 0 Å². The SMILES string of the molecule is O=C1c2ccccc2C(=O)C12[C@@H](c1ccccc1Cl)[C@@H]1CSCN1[C@@]21C(=O)Nc2ccc([N+](=O)[O-])cc21. The molecule has 2 spiro atoms. The van der Waals surface area contributed by atoms with E-state index >= 15 is 0 Å². The summed E-state index contributed by atoms with van der Waals surface area (Å²) in [6.07, 6.45) is 0. The third kappa shape index (κ3) is 2.47. The summed E-state index contributed by atoms with van der Waals surface area (Å²) in [7, 11) is 0. The summed E-state index contributed by atoms with van der Waals surface area (Å²) in [5.74, 6) is -1.24. The van der Waals surface area contributed by atoms with Crippen LogP contribution in [0.15, 0.2) is 66.7 Å². The van der Waals surface area contributed by atoms with Crippen LogP contribution in [0.25, 0.3) is 0 Å². The number of nitro groups is 1. The molecule has 10 heteroatoms. The first kappa shape index (κ1) is 22.7. The normalized spacial score (nSPS) is 27.0. The van der Waals surface area contributed by atoms with Gasteiger partial charge in [0.25, 0.3) is 11.6 Å². The van der Waals surface area contributed by atoms with E-state index in [1.54, 1.807) is 60.3 Å². The smallest absolute Gasteiger partial charge is 0.269 e. The number of carbonyl (C=O) groups excluding carboxylic acids is 3. The maximum Gasteiger partial charge on any atom is 0.269 e. The van der Waals surface area contributed by atoms with Crippen molar-refractivity contribution in [3.63, 3.8) is 0 Å². The average molecular weight is 532 g/mol. The molecule has 2 saturated heterocycles. The number of amides is 1. The van der Waals surface area contributed by atoms with Gasteiger partial charge in [-0.05, 0) is 17.7 Å². The molecule has 0 bridgehead atoms. The molecule has 2 fully saturated rings. The van der Waals surface area contributed by atoms with Gasteiger partial charge in [-0.1, -0.05) is 54.1 Å². The van der Waals surface area contributed by atoms with E-state index in [9.17, 15) is 24.5 Å². The average Bonchev–Trinajstić information content (AvgIpc) is 3.60. The van der Waals surface area contributed by atoms with Gasteiger partial charge in [0.2, 0.25) is 0 Å². The van der Waals surface area contributed by atoms with E-state index in [4.69, 9.17) is 11.6 Å². The highest BCUT2D eigenvalue weighted by atomic mass is 35.5. The van der Waals surface area contributed by atoms with Gasteiger partial charge >= 0.3 is 0 Å². The predicted octanol–water partition coefficient (Wildman–Crippen LogP) is 4.63. The van der Waals surface area contributed by atoms with Crippen molar-refractivity contribution in [3.8, 4) is 0 Å². The third-order valence-electron chi connectivity index (χ3n) is 8.33. The highest BCUT2D eigenvalue weighted by molar-refractivity contribution is 7.99. The lowest BCUT2D eigenvalue weighted by molar-refractivity contribution is -0.385. The zero-order chi connectivity index (χ0) is 25.7. The lowest BCUT2D eigenvalue weighted by atomic mass is 9.57. The monoisotopic (exact) mass is 531 g/mol. The molecule has 184 valence electrons. The van der Waals surface area contributed by atoms with Gasteiger partial charge in [0.05, 0.1) is 4.92 Å². The summed E-state index contributed by atoms with van der Waals surface area (Å²) in [4.78, 5) is 56.8. The number of hydrogen-bond donors (Lipinski definition) is 1. The number of ketones is 2. The second-order valence-corrected chi connectivity index (χ2v) is 11.1. The van der Waals surface area contributed by atoms with Crippen LogP contribution in [0.2, 0.25) is 5.02 Å². The lowest BCUT2D eigenvalue weighted by Crippen LogP contribution is -2.60. The van der Waals surface area contributed by atoms with Gasteiger partial charge in [-0.3, -0.25) is 29.4 Å². The molecule has 37 heavy (non-hydrogen) atoms. The first-order chi connectivity index (χ1) is 17.8. The zero-order valence-corrected chi connectivity index (χ0v) is 20.7. The molecule has 3 heterocycles. The highest BCUT2D eigenvalue weighted by Crippen LogP contribution is 2.70. The summed E-state index contributed by atoms with van der Waals surface area (Å²) in [6.45, 7) is 0. The molecule has 3 aliphatic heterocycles. The van der Waals surface area contributed by atoms with Crippen molar-refractivity contribution in [2.45, 2.75) is 17.5 Å². The molecule has 0 aromatic heterocycles. The summed E-state index contributed by atoms with van der Waals surface area (Å²) in [5.41, 5.74) is -2.12. The van der Waals surface area contributed by atoms with Crippen molar-refractivity contribution >= 4 is 52.2 Å². The van der Waals surface area contributed by atoms with Gasteiger partial charge in [0.15, 0.2) is 17.1 Å². The number of Topliss-reactive ketones (excluding diaryl/α,β-unsaturated/α-hetero) is 2. The number of non-ortho nitro benzene ring substituents is 1. The van der Waals surface area contributed by atoms with Crippen molar-refractivity contribution < 1.29 is 19.3 Å². The Morgan fingerprint density at radius 2 is 1.68 bits per heavy atom. The van der Waals surface area contributed by atoms with E-state index < -0.39 is 39.3 Å². The summed E-state index contributed by atoms with van der Waals surface area (Å²) >= 11 is 8.32. The molecule has 3 aromatic carbocycles. The minimum absolute atomic E-state index is 0.218. The van der Waals surface area contributed by atoms with Crippen LogP contribution in [0.1, 0.15) is 37.8 Å². The molecular formula is C27H18ClN3O5S. The molecule has 4 aliphatic rings. The van der Waals surface area contributed by atoms with Gasteiger partial charge in [-0.25, -0.2) is 0 Å². The number of hydrogen-bond acceptors (Lipinski definition) is 7. The second-order valence-electron chi connectivity index (χ2n) is 9.70. The number of nitrogens with zero attached hydrogens (tertiary/aromatic N) is 2. The van der Waals surface area contributed by atoms with Crippen LogP contribution in [-0.2, 0) is 10.3 Å². The van der Waals surface area contributed by atoms with E-state index in [0.29, 0.717) is 27.9 Å². The van der Waals surface area contributed by atoms with Crippen LogP contribution < -0.4 is 5.32 Å². The maximum absolute atomic E-state index is 14.7. The van der Waals surface area contributed by atoms with Crippen LogP contribution in [0.4, 0.5) is 11.4 Å². The molecule has 0 radical (unpaired) electrons. The van der Waals surface area contributed by atoms with Crippen molar-refractivity contribution in [2.24, 2.45) is 5.41 Å². The first-order valence-electron chi connectivity index (χ1n) is 11.7. The quantitative estimate of drug-likeness (QED) is 0.291. The van der Waals surface area contributed by atoms with E-state index in [1.807, 2.05) is 4.90 Å². The van der Waals surface area contributed by atoms with Crippen molar-refractivity contribution in [2.75, 3.05) is 16.9 Å². The van der Waals surface area contributed by atoms with Gasteiger partial charge < -0.3 is 5.32 Å². The van der Waals surface area contributed by atoms with Crippen molar-refractivity contribution in [3.05, 3.63) is 104 Å². The van der Waals surface area contributed by atoms with E-state index in [2.05, 4.69) is 5.32 Å². The Balaban J connectivity index is 1.64. The first-order valence-corrected chi connectivity index (χ1v) is 13.3. The second kappa shape index (κ2) is 7.50. The molecule has 1 amide bonds. The number of anilines is 1. The molecule has 3 atom stereocenters. The Hall–Kier alpha value is -3.53. The molecule has 1 aliphatic carbocycles. The number of thioether (sulfide) groups is 1. The fourth-order valence-corrected chi connectivity index (χ4v) is 8.63. The Morgan fingerprint density at radius 1 is 1.00 bits per heavy atom. The number of halogens is 1. The summed E-state index contributed by atoms with van der Waals surface area (Å²) < 4.78 is 0. The third-order valence-corrected chi connectivity index (χ3v) is 9.71. The maximum atomic E-state index is 14.7. The van der Waals surface area contributed by atoms with Crippen molar-refractivity contribution in [1.29, 1.82) is 0 Å². The molecule has 3 aromatic rings. The largest absolute Gasteiger partial charge is 0.324 e. The lowest BCUT2D eigenvalue weighted by Gasteiger charge is -2.42. The molecule has 7 rings (SSSR count). The van der Waals surface area contributed by atoms with Crippen LogP contribution in [-0.4, -0.2) is 45.0 Å². The Bertz CT molecular complexity index is 1560. The minimum Gasteiger partial charge on any atom is -0.324 e. The van der Waals surface area contributed by atoms with Gasteiger partial charge in [-0.2, -0.15) is 0 Å². The molecule has 0 unspecified atom stereocenters. The van der Waals surface area contributed by atoms with Crippen LogP contribution in [0.3, 0.4) is 0 Å². The van der Waals surface area contributed by atoms with Crippen molar-refractivity contribution in [1.82, 2.24) is 4.90 Å². The molecule has 0 saturated carbocycles. The minimum atomic E-state index is -1.89. The van der Waals surface area contributed by atoms with Gasteiger partial charge in [0, 0.05) is 63.1 Å². The Morgan fingerprint density at radius 3 is 2.35 bits per heavy atom. The van der Waals surface area contributed by atoms with E-state index in [-0.39, 0.29) is 28.4 Å². The molecule has 8 nitrogen and oxygen atoms in total. The summed E-state index contributed by atoms with van der Waals surface area (Å²) in [6, 6.07) is 17.5. The number of nitro benzene ring substituents is 1. The van der Waals surface area contributed by atoms with Gasteiger partial charge in [-0.15, -0.1) is 11.8 Å². The Kier molecular flexibility index (Phi) is 4.59. The number of carbonyl (C=O) groups is 3. The fourth-order valence-electron chi connectivity index (χ4n) is 7.07.